The third kappa shape index (κ3) is 10.8. The summed E-state index contributed by atoms with van der Waals surface area (Å²) in [5.41, 5.74) is 5.17. The first kappa shape index (κ1) is 34.9. The van der Waals surface area contributed by atoms with Crippen molar-refractivity contribution in [2.24, 2.45) is 16.6 Å². The Labute approximate surface area is 238 Å². The van der Waals surface area contributed by atoms with Crippen molar-refractivity contribution < 1.29 is 42.9 Å². The second-order valence-electron chi connectivity index (χ2n) is 11.3. The lowest BCUT2D eigenvalue weighted by atomic mass is 9.90. The van der Waals surface area contributed by atoms with E-state index in [2.05, 4.69) is 0 Å². The van der Waals surface area contributed by atoms with E-state index in [9.17, 15) is 19.2 Å². The monoisotopic (exact) mass is 565 g/mol. The molecule has 0 bridgehead atoms. The third-order valence-corrected chi connectivity index (χ3v) is 7.01. The van der Waals surface area contributed by atoms with Gasteiger partial charge in [-0.15, -0.1) is 0 Å². The van der Waals surface area contributed by atoms with Crippen molar-refractivity contribution >= 4 is 24.1 Å². The van der Waals surface area contributed by atoms with Crippen LogP contribution in [0.25, 0.3) is 0 Å². The number of hydrogen-bond donors (Lipinski definition) is 1. The number of rotatable bonds is 15. The molecule has 0 saturated carbocycles. The van der Waals surface area contributed by atoms with Gasteiger partial charge in [-0.1, -0.05) is 33.3 Å². The SMILES string of the molecule is CCCCOC(=O)OC(C)[C@H](C)OC(=O)[C@@H](N)Cc1ccc(OC(=O)C(C)(C)CC)c(OC(=O)C(C)(C)CC)c1. The summed E-state index contributed by atoms with van der Waals surface area (Å²) in [4.78, 5) is 50.0. The summed E-state index contributed by atoms with van der Waals surface area (Å²) >= 11 is 0. The maximum atomic E-state index is 12.8. The Bertz CT molecular complexity index is 1020. The molecule has 0 aromatic heterocycles. The molecule has 0 radical (unpaired) electrons. The summed E-state index contributed by atoms with van der Waals surface area (Å²) in [6.45, 7) is 16.2. The number of carbonyl (C=O) groups excluding carboxylic acids is 4. The van der Waals surface area contributed by atoms with Crippen LogP contribution in [0.4, 0.5) is 4.79 Å². The Kier molecular flexibility index (Phi) is 13.6. The molecule has 1 rings (SSSR count). The van der Waals surface area contributed by atoms with Crippen molar-refractivity contribution in [1.29, 1.82) is 0 Å². The van der Waals surface area contributed by atoms with Gasteiger partial charge in [0, 0.05) is 0 Å². The van der Waals surface area contributed by atoms with Crippen LogP contribution in [0.5, 0.6) is 11.5 Å². The van der Waals surface area contributed by atoms with Crippen LogP contribution in [0.15, 0.2) is 18.2 Å². The van der Waals surface area contributed by atoms with Crippen molar-refractivity contribution in [3.8, 4) is 11.5 Å². The highest BCUT2D eigenvalue weighted by Crippen LogP contribution is 2.34. The third-order valence-electron chi connectivity index (χ3n) is 7.01. The van der Waals surface area contributed by atoms with Gasteiger partial charge in [0.25, 0.3) is 0 Å². The van der Waals surface area contributed by atoms with E-state index in [0.29, 0.717) is 18.4 Å². The van der Waals surface area contributed by atoms with Gasteiger partial charge in [-0.25, -0.2) is 4.79 Å². The highest BCUT2D eigenvalue weighted by atomic mass is 16.7. The topological polar surface area (TPSA) is 140 Å². The maximum Gasteiger partial charge on any atom is 0.508 e. The summed E-state index contributed by atoms with van der Waals surface area (Å²) in [6.07, 6.45) is 0.396. The first-order chi connectivity index (χ1) is 18.6. The zero-order chi connectivity index (χ0) is 30.7. The Morgan fingerprint density at radius 2 is 1.35 bits per heavy atom. The highest BCUT2D eigenvalue weighted by Gasteiger charge is 2.32. The molecule has 1 unspecified atom stereocenters. The Hall–Kier alpha value is -3.14. The minimum absolute atomic E-state index is 0.0518. The quantitative estimate of drug-likeness (QED) is 0.164. The van der Waals surface area contributed by atoms with Gasteiger partial charge in [0.2, 0.25) is 0 Å². The largest absolute Gasteiger partial charge is 0.508 e. The van der Waals surface area contributed by atoms with E-state index in [1.54, 1.807) is 47.6 Å². The number of nitrogens with two attached hydrogens (primary N) is 1. The smallest absolute Gasteiger partial charge is 0.458 e. The molecule has 2 N–H and O–H groups in total. The molecule has 10 heteroatoms. The molecule has 40 heavy (non-hydrogen) atoms. The molecule has 0 spiro atoms. The zero-order valence-electron chi connectivity index (χ0n) is 25.5. The van der Waals surface area contributed by atoms with Gasteiger partial charge in [-0.3, -0.25) is 14.4 Å². The van der Waals surface area contributed by atoms with Crippen molar-refractivity contribution in [3.05, 3.63) is 23.8 Å². The fourth-order valence-electron chi connectivity index (χ4n) is 2.89. The lowest BCUT2D eigenvalue weighted by Gasteiger charge is -2.24. The predicted molar refractivity (Wildman–Crippen MR) is 150 cm³/mol. The minimum Gasteiger partial charge on any atom is -0.458 e. The average Bonchev–Trinajstić information content (AvgIpc) is 2.89. The fraction of sp³-hybridized carbons (Fsp3) is 0.667. The van der Waals surface area contributed by atoms with E-state index in [-0.39, 0.29) is 24.5 Å². The van der Waals surface area contributed by atoms with Crippen molar-refractivity contribution in [2.75, 3.05) is 6.61 Å². The number of carbonyl (C=O) groups is 4. The number of ether oxygens (including phenoxy) is 5. The van der Waals surface area contributed by atoms with E-state index in [1.165, 1.54) is 12.1 Å². The van der Waals surface area contributed by atoms with Gasteiger partial charge in [0.1, 0.15) is 18.2 Å². The minimum atomic E-state index is -1.06. The molecule has 0 fully saturated rings. The lowest BCUT2D eigenvalue weighted by molar-refractivity contribution is -0.155. The van der Waals surface area contributed by atoms with E-state index < -0.39 is 53.1 Å². The molecular formula is C30H47NO9. The van der Waals surface area contributed by atoms with Crippen LogP contribution in [0.3, 0.4) is 0 Å². The van der Waals surface area contributed by atoms with Crippen molar-refractivity contribution in [3.63, 3.8) is 0 Å². The number of benzene rings is 1. The van der Waals surface area contributed by atoms with E-state index in [4.69, 9.17) is 29.4 Å². The van der Waals surface area contributed by atoms with E-state index in [1.807, 2.05) is 20.8 Å². The summed E-state index contributed by atoms with van der Waals surface area (Å²) in [6, 6.07) is 3.62. The van der Waals surface area contributed by atoms with E-state index in [0.717, 1.165) is 12.8 Å². The Morgan fingerprint density at radius 3 is 1.88 bits per heavy atom. The van der Waals surface area contributed by atoms with Crippen LogP contribution in [-0.4, -0.2) is 48.9 Å². The van der Waals surface area contributed by atoms with Gasteiger partial charge in [-0.05, 0) is 84.9 Å². The van der Waals surface area contributed by atoms with Crippen LogP contribution in [0.2, 0.25) is 0 Å². The van der Waals surface area contributed by atoms with Crippen LogP contribution in [0.1, 0.15) is 93.6 Å². The highest BCUT2D eigenvalue weighted by molar-refractivity contribution is 5.81. The van der Waals surface area contributed by atoms with E-state index >= 15 is 0 Å². The molecule has 0 aliphatic rings. The molecule has 3 atom stereocenters. The molecule has 0 aliphatic carbocycles. The molecule has 1 aromatic rings. The predicted octanol–water partition coefficient (Wildman–Crippen LogP) is 5.51. The molecule has 0 heterocycles. The Morgan fingerprint density at radius 1 is 0.825 bits per heavy atom. The van der Waals surface area contributed by atoms with Gasteiger partial charge in [-0.2, -0.15) is 0 Å². The summed E-state index contributed by atoms with van der Waals surface area (Å²) in [5.74, 6) is -1.50. The van der Waals surface area contributed by atoms with Gasteiger partial charge >= 0.3 is 24.1 Å². The van der Waals surface area contributed by atoms with Gasteiger partial charge in [0.15, 0.2) is 11.5 Å². The second kappa shape index (κ2) is 15.6. The number of esters is 3. The molecule has 10 nitrogen and oxygen atoms in total. The van der Waals surface area contributed by atoms with Crippen LogP contribution in [-0.2, 0) is 35.0 Å². The first-order valence-corrected chi connectivity index (χ1v) is 13.9. The van der Waals surface area contributed by atoms with Crippen LogP contribution in [0, 0.1) is 10.8 Å². The van der Waals surface area contributed by atoms with Crippen molar-refractivity contribution in [2.45, 2.75) is 113 Å². The van der Waals surface area contributed by atoms with Gasteiger partial charge in [0.05, 0.1) is 17.4 Å². The number of unbranched alkanes of at least 4 members (excludes halogenated alkanes) is 1. The summed E-state index contributed by atoms with van der Waals surface area (Å²) in [5, 5.41) is 0. The van der Waals surface area contributed by atoms with Crippen LogP contribution < -0.4 is 15.2 Å². The number of hydrogen-bond acceptors (Lipinski definition) is 10. The average molecular weight is 566 g/mol. The maximum absolute atomic E-state index is 12.8. The fourth-order valence-corrected chi connectivity index (χ4v) is 2.89. The van der Waals surface area contributed by atoms with Crippen molar-refractivity contribution in [1.82, 2.24) is 0 Å². The summed E-state index contributed by atoms with van der Waals surface area (Å²) < 4.78 is 26.8. The van der Waals surface area contributed by atoms with Gasteiger partial charge < -0.3 is 29.4 Å². The standard InChI is InChI=1S/C30H47NO9/c1-10-13-16-36-28(35)38-20(5)19(4)37-25(32)22(31)17-21-14-15-23(39-26(33)29(6,7)11-2)24(18-21)40-27(34)30(8,9)12-3/h14-15,18-20,22H,10-13,16-17,31H2,1-9H3/t19-,20?,22-/m0/s1. The molecule has 1 aromatic carbocycles. The normalized spacial score (nSPS) is 13.9. The lowest BCUT2D eigenvalue weighted by Crippen LogP contribution is -2.39. The van der Waals surface area contributed by atoms with Crippen LogP contribution >= 0.6 is 0 Å². The molecule has 0 saturated heterocycles. The molecule has 0 aliphatic heterocycles. The first-order valence-electron chi connectivity index (χ1n) is 13.9. The zero-order valence-corrected chi connectivity index (χ0v) is 25.5. The molecular weight excluding hydrogens is 518 g/mol. The molecule has 226 valence electrons. The Balaban J connectivity index is 3.00. The summed E-state index contributed by atoms with van der Waals surface area (Å²) in [7, 11) is 0. The second-order valence-corrected chi connectivity index (χ2v) is 11.3. The molecule has 0 amide bonds.